The van der Waals surface area contributed by atoms with Crippen molar-refractivity contribution in [1.29, 1.82) is 0 Å². The van der Waals surface area contributed by atoms with Gasteiger partial charge in [-0.25, -0.2) is 0 Å². The highest BCUT2D eigenvalue weighted by Crippen LogP contribution is 2.41. The van der Waals surface area contributed by atoms with Gasteiger partial charge in [0.05, 0.1) is 10.5 Å². The Morgan fingerprint density at radius 2 is 1.77 bits per heavy atom. The normalized spacial score (nSPS) is 16.0. The van der Waals surface area contributed by atoms with Crippen LogP contribution in [0, 0.1) is 10.1 Å². The zero-order valence-corrected chi connectivity index (χ0v) is 14.9. The molecule has 0 fully saturated rings. The fraction of sp³-hybridized carbons (Fsp3) is 0.111. The Morgan fingerprint density at radius 1 is 1.10 bits per heavy atom. The van der Waals surface area contributed by atoms with E-state index in [1.807, 2.05) is 0 Å². The molecule has 0 aliphatic carbocycles. The van der Waals surface area contributed by atoms with Crippen molar-refractivity contribution in [2.45, 2.75) is 12.2 Å². The van der Waals surface area contributed by atoms with Crippen LogP contribution in [-0.4, -0.2) is 37.1 Å². The molecule has 4 rings (SSSR count). The second-order valence-electron chi connectivity index (χ2n) is 6.30. The fourth-order valence-electron chi connectivity index (χ4n) is 3.18. The lowest BCUT2D eigenvalue weighted by Crippen LogP contribution is -2.35. The maximum absolute atomic E-state index is 13.9. The van der Waals surface area contributed by atoms with Gasteiger partial charge in [-0.15, -0.1) is 0 Å². The number of anilines is 1. The molecule has 30 heavy (non-hydrogen) atoms. The van der Waals surface area contributed by atoms with Crippen LogP contribution in [0.15, 0.2) is 65.9 Å². The highest BCUT2D eigenvalue weighted by atomic mass is 19.4. The first-order valence-electron chi connectivity index (χ1n) is 8.47. The van der Waals surface area contributed by atoms with Gasteiger partial charge in [-0.05, 0) is 28.1 Å². The van der Waals surface area contributed by atoms with E-state index < -0.39 is 34.2 Å². The summed E-state index contributed by atoms with van der Waals surface area (Å²) in [5.74, 6) is -1.23. The minimum atomic E-state index is -4.91. The molecule has 3 aromatic rings. The predicted molar refractivity (Wildman–Crippen MR) is 96.5 cm³/mol. The molecule has 0 amide bonds. The molecular formula is C18H11F3N6O3. The van der Waals surface area contributed by atoms with Gasteiger partial charge in [-0.3, -0.25) is 14.9 Å². The first-order chi connectivity index (χ1) is 14.3. The van der Waals surface area contributed by atoms with Crippen LogP contribution in [0.3, 0.4) is 0 Å². The van der Waals surface area contributed by atoms with Crippen molar-refractivity contribution in [2.75, 3.05) is 5.32 Å². The van der Waals surface area contributed by atoms with Gasteiger partial charge in [0, 0.05) is 17.7 Å². The maximum atomic E-state index is 13.9. The number of fused-ring (bicyclic) bond motifs is 1. The number of hydrogen-bond acceptors (Lipinski definition) is 7. The van der Waals surface area contributed by atoms with Gasteiger partial charge >= 0.3 is 6.18 Å². The number of tetrazole rings is 1. The summed E-state index contributed by atoms with van der Waals surface area (Å²) >= 11 is 0. The van der Waals surface area contributed by atoms with Crippen LogP contribution < -0.4 is 5.32 Å². The lowest BCUT2D eigenvalue weighted by atomic mass is 9.89. The van der Waals surface area contributed by atoms with E-state index in [1.165, 1.54) is 0 Å². The second kappa shape index (κ2) is 7.06. The molecule has 2 heterocycles. The lowest BCUT2D eigenvalue weighted by molar-refractivity contribution is -0.384. The molecule has 12 heteroatoms. The fourth-order valence-corrected chi connectivity index (χ4v) is 3.18. The molecule has 1 aromatic heterocycles. The Hall–Kier alpha value is -4.09. The SMILES string of the molecule is O=C(C1=C(C(F)(F)F)Nc2nnnn2C1c1ccccc1)c1ccc([N+](=O)[O-])cc1. The molecule has 1 atom stereocenters. The number of halogens is 3. The van der Waals surface area contributed by atoms with Crippen molar-refractivity contribution >= 4 is 17.4 Å². The number of aromatic nitrogens is 4. The van der Waals surface area contributed by atoms with E-state index in [1.54, 1.807) is 30.3 Å². The third-order valence-electron chi connectivity index (χ3n) is 4.50. The monoisotopic (exact) mass is 416 g/mol. The van der Waals surface area contributed by atoms with E-state index in [-0.39, 0.29) is 17.2 Å². The van der Waals surface area contributed by atoms with Crippen LogP contribution in [0.4, 0.5) is 24.8 Å². The van der Waals surface area contributed by atoms with Crippen molar-refractivity contribution in [3.05, 3.63) is 87.1 Å². The number of alkyl halides is 3. The number of allylic oxidation sites excluding steroid dienone is 2. The number of nitrogens with one attached hydrogen (secondary N) is 1. The average Bonchev–Trinajstić information content (AvgIpc) is 3.20. The van der Waals surface area contributed by atoms with Crippen molar-refractivity contribution in [3.8, 4) is 0 Å². The summed E-state index contributed by atoms with van der Waals surface area (Å²) in [5.41, 5.74) is -1.98. The number of rotatable bonds is 4. The highest BCUT2D eigenvalue weighted by Gasteiger charge is 2.46. The van der Waals surface area contributed by atoms with Crippen molar-refractivity contribution in [2.24, 2.45) is 0 Å². The predicted octanol–water partition coefficient (Wildman–Crippen LogP) is 3.30. The summed E-state index contributed by atoms with van der Waals surface area (Å²) in [6.45, 7) is 0. The Kier molecular flexibility index (Phi) is 4.53. The molecule has 1 unspecified atom stereocenters. The standard InChI is InChI=1S/C18H11F3N6O3/c19-18(20,21)16-13(15(28)11-6-8-12(9-7-11)27(29)30)14(10-4-2-1-3-5-10)26-17(22-16)23-24-25-26/h1-9,14H,(H,22,23,25). The van der Waals surface area contributed by atoms with E-state index in [0.717, 1.165) is 28.9 Å². The van der Waals surface area contributed by atoms with Crippen LogP contribution in [-0.2, 0) is 0 Å². The van der Waals surface area contributed by atoms with Crippen LogP contribution in [0.5, 0.6) is 0 Å². The van der Waals surface area contributed by atoms with Gasteiger partial charge in [-0.1, -0.05) is 35.4 Å². The van der Waals surface area contributed by atoms with Crippen LogP contribution in [0.2, 0.25) is 0 Å². The third kappa shape index (κ3) is 3.27. The second-order valence-corrected chi connectivity index (χ2v) is 6.30. The number of nitrogens with zero attached hydrogens (tertiary/aromatic N) is 5. The van der Waals surface area contributed by atoms with Gasteiger partial charge in [0.2, 0.25) is 5.95 Å². The van der Waals surface area contributed by atoms with Crippen molar-refractivity contribution in [3.63, 3.8) is 0 Å². The first kappa shape index (κ1) is 19.2. The van der Waals surface area contributed by atoms with E-state index >= 15 is 0 Å². The smallest absolute Gasteiger partial charge is 0.318 e. The summed E-state index contributed by atoms with van der Waals surface area (Å²) < 4.78 is 42.7. The molecule has 1 aliphatic rings. The van der Waals surface area contributed by atoms with Crippen LogP contribution >= 0.6 is 0 Å². The number of nitro groups is 1. The summed E-state index contributed by atoms with van der Waals surface area (Å²) in [4.78, 5) is 23.4. The minimum Gasteiger partial charge on any atom is -0.318 e. The number of carbonyl (C=O) groups is 1. The van der Waals surface area contributed by atoms with Gasteiger partial charge in [0.25, 0.3) is 5.69 Å². The lowest BCUT2D eigenvalue weighted by Gasteiger charge is -2.29. The minimum absolute atomic E-state index is 0.142. The molecule has 9 nitrogen and oxygen atoms in total. The summed E-state index contributed by atoms with van der Waals surface area (Å²) in [6, 6.07) is 11.1. The van der Waals surface area contributed by atoms with Crippen molar-refractivity contribution in [1.82, 2.24) is 20.2 Å². The summed E-state index contributed by atoms with van der Waals surface area (Å²) in [5, 5.41) is 23.7. The van der Waals surface area contributed by atoms with Crippen molar-refractivity contribution < 1.29 is 22.9 Å². The summed E-state index contributed by atoms with van der Waals surface area (Å²) in [6.07, 6.45) is -4.91. The largest absolute Gasteiger partial charge is 0.431 e. The number of nitro benzene ring substituents is 1. The Labute approximate surface area is 166 Å². The maximum Gasteiger partial charge on any atom is 0.431 e. The Morgan fingerprint density at radius 3 is 2.37 bits per heavy atom. The number of hydrogen-bond donors (Lipinski definition) is 1. The number of carbonyl (C=O) groups excluding carboxylic acids is 1. The molecular weight excluding hydrogens is 405 g/mol. The van der Waals surface area contributed by atoms with Crippen LogP contribution in [0.1, 0.15) is 22.0 Å². The molecule has 0 bridgehead atoms. The molecule has 0 radical (unpaired) electrons. The zero-order valence-electron chi connectivity index (χ0n) is 14.9. The molecule has 152 valence electrons. The number of ketones is 1. The molecule has 0 spiro atoms. The quantitative estimate of drug-likeness (QED) is 0.394. The van der Waals surface area contributed by atoms with E-state index in [9.17, 15) is 28.1 Å². The molecule has 0 saturated heterocycles. The van der Waals surface area contributed by atoms with E-state index in [4.69, 9.17) is 0 Å². The Bertz CT molecular complexity index is 1160. The molecule has 2 aromatic carbocycles. The molecule has 0 saturated carbocycles. The van der Waals surface area contributed by atoms with E-state index in [0.29, 0.717) is 5.56 Å². The number of benzene rings is 2. The van der Waals surface area contributed by atoms with Crippen LogP contribution in [0.25, 0.3) is 0 Å². The van der Waals surface area contributed by atoms with Gasteiger partial charge < -0.3 is 5.32 Å². The third-order valence-corrected chi connectivity index (χ3v) is 4.50. The van der Waals surface area contributed by atoms with Gasteiger partial charge in [0.15, 0.2) is 5.78 Å². The topological polar surface area (TPSA) is 116 Å². The average molecular weight is 416 g/mol. The van der Waals surface area contributed by atoms with Gasteiger partial charge in [-0.2, -0.15) is 17.9 Å². The number of non-ortho nitro benzene ring substituents is 1. The Balaban J connectivity index is 1.92. The highest BCUT2D eigenvalue weighted by molar-refractivity contribution is 6.11. The molecule has 1 aliphatic heterocycles. The van der Waals surface area contributed by atoms with Gasteiger partial charge in [0.1, 0.15) is 11.7 Å². The van der Waals surface area contributed by atoms with E-state index in [2.05, 4.69) is 20.8 Å². The summed E-state index contributed by atoms with van der Waals surface area (Å²) in [7, 11) is 0. The number of Topliss-reactive ketones (excluding diaryl/α,β-unsaturated/α-hetero) is 1. The zero-order chi connectivity index (χ0) is 21.5. The molecule has 1 N–H and O–H groups in total. The first-order valence-corrected chi connectivity index (χ1v) is 8.47.